The summed E-state index contributed by atoms with van der Waals surface area (Å²) >= 11 is 0. The first kappa shape index (κ1) is 21.5. The van der Waals surface area contributed by atoms with Crippen molar-refractivity contribution in [3.8, 4) is 5.75 Å². The third-order valence-electron chi connectivity index (χ3n) is 4.25. The average molecular weight is 397 g/mol. The maximum absolute atomic E-state index is 13.3. The van der Waals surface area contributed by atoms with Crippen LogP contribution in [0.25, 0.3) is 10.9 Å². The summed E-state index contributed by atoms with van der Waals surface area (Å²) in [6.45, 7) is 5.70. The first-order valence-corrected chi connectivity index (χ1v) is 10.7. The molecule has 1 aromatic heterocycles. The minimum Gasteiger partial charge on any atom is -0.497 e. The first-order valence-electron chi connectivity index (χ1n) is 9.07. The van der Waals surface area contributed by atoms with E-state index >= 15 is 0 Å². The third kappa shape index (κ3) is 4.72. The lowest BCUT2D eigenvalue weighted by Crippen LogP contribution is -2.28. The molecule has 27 heavy (non-hydrogen) atoms. The van der Waals surface area contributed by atoms with Gasteiger partial charge in [0.05, 0.1) is 26.9 Å². The third-order valence-corrected chi connectivity index (χ3v) is 6.64. The Kier molecular flexibility index (Phi) is 7.48. The van der Waals surface area contributed by atoms with E-state index in [4.69, 9.17) is 18.5 Å². The lowest BCUT2D eigenvalue weighted by Gasteiger charge is -2.24. The Morgan fingerprint density at radius 2 is 1.81 bits per heavy atom. The van der Waals surface area contributed by atoms with Crippen LogP contribution < -0.4 is 4.74 Å². The lowest BCUT2D eigenvalue weighted by molar-refractivity contribution is -0.143. The highest BCUT2D eigenvalue weighted by Gasteiger charge is 2.42. The van der Waals surface area contributed by atoms with Gasteiger partial charge >= 0.3 is 13.6 Å². The van der Waals surface area contributed by atoms with Crippen LogP contribution in [0.4, 0.5) is 0 Å². The Morgan fingerprint density at radius 1 is 1.15 bits per heavy atom. The summed E-state index contributed by atoms with van der Waals surface area (Å²) < 4.78 is 36.6. The van der Waals surface area contributed by atoms with Gasteiger partial charge in [-0.3, -0.25) is 9.36 Å². The molecule has 0 bridgehead atoms. The van der Waals surface area contributed by atoms with Crippen LogP contribution in [0.3, 0.4) is 0 Å². The van der Waals surface area contributed by atoms with Gasteiger partial charge in [0.25, 0.3) is 0 Å². The van der Waals surface area contributed by atoms with Gasteiger partial charge in [-0.1, -0.05) is 0 Å². The SMILES string of the molecule is CCOC(=O)C(Cc1cn(C)c2ccc(OC)cc12)P(=O)(OCC)OCC. The Labute approximate surface area is 160 Å². The van der Waals surface area contributed by atoms with Crippen molar-refractivity contribution in [1.29, 1.82) is 0 Å². The number of methoxy groups -OCH3 is 1. The lowest BCUT2D eigenvalue weighted by atomic mass is 10.1. The Morgan fingerprint density at radius 3 is 2.37 bits per heavy atom. The molecule has 0 aliphatic heterocycles. The van der Waals surface area contributed by atoms with Gasteiger partial charge in [0.15, 0.2) is 5.66 Å². The number of hydrogen-bond donors (Lipinski definition) is 0. The molecule has 0 amide bonds. The molecular formula is C19H28NO6P. The summed E-state index contributed by atoms with van der Waals surface area (Å²) in [5, 5.41) is 0.922. The first-order chi connectivity index (χ1) is 12.9. The van der Waals surface area contributed by atoms with E-state index < -0.39 is 19.2 Å². The van der Waals surface area contributed by atoms with Gasteiger partial charge in [0.1, 0.15) is 5.75 Å². The summed E-state index contributed by atoms with van der Waals surface area (Å²) in [6, 6.07) is 5.72. The van der Waals surface area contributed by atoms with Crippen molar-refractivity contribution in [1.82, 2.24) is 4.57 Å². The largest absolute Gasteiger partial charge is 0.497 e. The molecule has 8 heteroatoms. The second-order valence-electron chi connectivity index (χ2n) is 6.00. The molecule has 0 radical (unpaired) electrons. The van der Waals surface area contributed by atoms with Crippen LogP contribution in [-0.4, -0.2) is 43.1 Å². The number of esters is 1. The molecule has 0 fully saturated rings. The van der Waals surface area contributed by atoms with E-state index in [1.165, 1.54) is 0 Å². The smallest absolute Gasteiger partial charge is 0.345 e. The van der Waals surface area contributed by atoms with E-state index in [0.29, 0.717) is 5.75 Å². The zero-order chi connectivity index (χ0) is 20.0. The fourth-order valence-electron chi connectivity index (χ4n) is 3.09. The molecule has 0 aliphatic rings. The Balaban J connectivity index is 2.50. The molecule has 0 N–H and O–H groups in total. The molecule has 1 atom stereocenters. The normalized spacial score (nSPS) is 12.9. The topological polar surface area (TPSA) is 76.0 Å². The van der Waals surface area contributed by atoms with Gasteiger partial charge in [-0.25, -0.2) is 0 Å². The van der Waals surface area contributed by atoms with Gasteiger partial charge in [-0.05, 0) is 51.0 Å². The molecule has 1 heterocycles. The summed E-state index contributed by atoms with van der Waals surface area (Å²) in [4.78, 5) is 12.6. The molecule has 1 unspecified atom stereocenters. The van der Waals surface area contributed by atoms with E-state index in [1.807, 2.05) is 36.0 Å². The van der Waals surface area contributed by atoms with Crippen LogP contribution >= 0.6 is 7.60 Å². The zero-order valence-corrected chi connectivity index (χ0v) is 17.5. The van der Waals surface area contributed by atoms with Gasteiger partial charge in [-0.2, -0.15) is 0 Å². The van der Waals surface area contributed by atoms with E-state index in [-0.39, 0.29) is 26.2 Å². The quantitative estimate of drug-likeness (QED) is 0.447. The summed E-state index contributed by atoms with van der Waals surface area (Å²) in [6.07, 6.45) is 2.10. The molecule has 150 valence electrons. The van der Waals surface area contributed by atoms with Gasteiger partial charge < -0.3 is 23.1 Å². The van der Waals surface area contributed by atoms with E-state index in [1.54, 1.807) is 27.9 Å². The molecule has 0 spiro atoms. The minimum atomic E-state index is -3.68. The number of ether oxygens (including phenoxy) is 2. The predicted molar refractivity (Wildman–Crippen MR) is 104 cm³/mol. The highest BCUT2D eigenvalue weighted by atomic mass is 31.2. The highest BCUT2D eigenvalue weighted by molar-refractivity contribution is 7.55. The molecule has 2 aromatic rings. The van der Waals surface area contributed by atoms with Crippen molar-refractivity contribution in [2.75, 3.05) is 26.9 Å². The number of hydrogen-bond acceptors (Lipinski definition) is 6. The maximum atomic E-state index is 13.3. The number of fused-ring (bicyclic) bond motifs is 1. The van der Waals surface area contributed by atoms with Crippen molar-refractivity contribution in [3.05, 3.63) is 30.0 Å². The van der Waals surface area contributed by atoms with Gasteiger partial charge in [0.2, 0.25) is 0 Å². The summed E-state index contributed by atoms with van der Waals surface area (Å²) in [5.41, 5.74) is 0.800. The molecule has 1 aromatic carbocycles. The molecule has 0 saturated carbocycles. The van der Waals surface area contributed by atoms with Gasteiger partial charge in [-0.15, -0.1) is 0 Å². The summed E-state index contributed by atoms with van der Waals surface area (Å²) in [5.74, 6) is 0.128. The number of benzene rings is 1. The fraction of sp³-hybridized carbons (Fsp3) is 0.526. The fourth-order valence-corrected chi connectivity index (χ4v) is 5.00. The molecular weight excluding hydrogens is 369 g/mol. The highest BCUT2D eigenvalue weighted by Crippen LogP contribution is 2.54. The van der Waals surface area contributed by atoms with Crippen LogP contribution in [-0.2, 0) is 36.6 Å². The Hall–Kier alpha value is -1.82. The Bertz CT molecular complexity index is 821. The van der Waals surface area contributed by atoms with E-state index in [0.717, 1.165) is 16.5 Å². The zero-order valence-electron chi connectivity index (χ0n) is 16.6. The van der Waals surface area contributed by atoms with Crippen molar-refractivity contribution in [2.45, 2.75) is 32.9 Å². The second-order valence-corrected chi connectivity index (χ2v) is 8.22. The number of rotatable bonds is 10. The monoisotopic (exact) mass is 397 g/mol. The molecule has 7 nitrogen and oxygen atoms in total. The number of aromatic nitrogens is 1. The maximum Gasteiger partial charge on any atom is 0.345 e. The number of carbonyl (C=O) groups is 1. The van der Waals surface area contributed by atoms with Crippen molar-refractivity contribution >= 4 is 24.5 Å². The van der Waals surface area contributed by atoms with Crippen LogP contribution in [0.1, 0.15) is 26.3 Å². The molecule has 2 rings (SSSR count). The van der Waals surface area contributed by atoms with E-state index in [9.17, 15) is 9.36 Å². The molecule has 0 aliphatic carbocycles. The predicted octanol–water partition coefficient (Wildman–Crippen LogP) is 3.93. The van der Waals surface area contributed by atoms with Crippen molar-refractivity contribution in [3.63, 3.8) is 0 Å². The van der Waals surface area contributed by atoms with Crippen LogP contribution in [0.2, 0.25) is 0 Å². The van der Waals surface area contributed by atoms with Crippen LogP contribution in [0.15, 0.2) is 24.4 Å². The number of aryl methyl sites for hydroxylation is 1. The van der Waals surface area contributed by atoms with Crippen LogP contribution in [0, 0.1) is 0 Å². The second kappa shape index (κ2) is 9.40. The minimum absolute atomic E-state index is 0.177. The standard InChI is InChI=1S/C19H28NO6P/c1-6-24-19(21)18(27(22,25-7-2)26-8-3)11-14-13-20(4)17-10-9-15(23-5)12-16(14)17/h9-10,12-13,18H,6-8,11H2,1-5H3. The van der Waals surface area contributed by atoms with Crippen LogP contribution in [0.5, 0.6) is 5.75 Å². The molecule has 0 saturated heterocycles. The average Bonchev–Trinajstić information content (AvgIpc) is 2.95. The van der Waals surface area contributed by atoms with Gasteiger partial charge in [0, 0.05) is 24.1 Å². The summed E-state index contributed by atoms with van der Waals surface area (Å²) in [7, 11) is -0.164. The van der Waals surface area contributed by atoms with E-state index in [2.05, 4.69) is 0 Å². The van der Waals surface area contributed by atoms with Crippen molar-refractivity contribution < 1.29 is 27.9 Å². The number of carbonyl (C=O) groups excluding carboxylic acids is 1. The van der Waals surface area contributed by atoms with Crippen molar-refractivity contribution in [2.24, 2.45) is 7.05 Å². The number of nitrogens with zero attached hydrogens (tertiary/aromatic N) is 1.